The van der Waals surface area contributed by atoms with Gasteiger partial charge in [0, 0.05) is 49.8 Å². The Hall–Kier alpha value is -1.69. The fourth-order valence-electron chi connectivity index (χ4n) is 2.67. The Morgan fingerprint density at radius 3 is 2.75 bits per heavy atom. The first-order chi connectivity index (χ1) is 11.7. The average Bonchev–Trinajstić information content (AvgIpc) is 2.65. The Bertz CT molecular complexity index is 535. The summed E-state index contributed by atoms with van der Waals surface area (Å²) < 4.78 is 0. The van der Waals surface area contributed by atoms with E-state index in [4.69, 9.17) is 0 Å². The van der Waals surface area contributed by atoms with Gasteiger partial charge in [0.15, 0.2) is 5.96 Å². The molecule has 0 radical (unpaired) electrons. The first-order valence-corrected chi connectivity index (χ1v) is 9.70. The molecular formula is C18H28N4OS. The van der Waals surface area contributed by atoms with Crippen molar-refractivity contribution in [3.05, 3.63) is 35.9 Å². The number of hydrogen-bond acceptors (Lipinski definition) is 3. The zero-order chi connectivity index (χ0) is 17.2. The summed E-state index contributed by atoms with van der Waals surface area (Å²) in [5.74, 6) is 2.12. The summed E-state index contributed by atoms with van der Waals surface area (Å²) in [7, 11) is 1.84. The average molecular weight is 349 g/mol. The molecule has 1 heterocycles. The van der Waals surface area contributed by atoms with Crippen LogP contribution in [0.3, 0.4) is 0 Å². The number of carbonyl (C=O) groups is 1. The predicted octanol–water partition coefficient (Wildman–Crippen LogP) is 2.21. The van der Waals surface area contributed by atoms with E-state index in [-0.39, 0.29) is 5.91 Å². The van der Waals surface area contributed by atoms with Gasteiger partial charge < -0.3 is 15.5 Å². The maximum Gasteiger partial charge on any atom is 0.251 e. The summed E-state index contributed by atoms with van der Waals surface area (Å²) >= 11 is 2.06. The first-order valence-electron chi connectivity index (χ1n) is 8.65. The fourth-order valence-corrected chi connectivity index (χ4v) is 3.85. The summed E-state index contributed by atoms with van der Waals surface area (Å²) in [6.07, 6.45) is 2.07. The van der Waals surface area contributed by atoms with Crippen LogP contribution in [0.2, 0.25) is 0 Å². The minimum Gasteiger partial charge on any atom is -0.356 e. The standard InChI is InChI=1S/C18H28N4OS/c1-3-16-14-22(12-13-24-16)18(19-2)21-11-7-10-20-17(23)15-8-5-4-6-9-15/h4-6,8-9,16H,3,7,10-14H2,1-2H3,(H,19,21)(H,20,23). The van der Waals surface area contributed by atoms with Crippen molar-refractivity contribution in [2.24, 2.45) is 4.99 Å². The van der Waals surface area contributed by atoms with Crippen molar-refractivity contribution < 1.29 is 4.79 Å². The van der Waals surface area contributed by atoms with Crippen LogP contribution < -0.4 is 10.6 Å². The Morgan fingerprint density at radius 1 is 1.29 bits per heavy atom. The van der Waals surface area contributed by atoms with Crippen LogP contribution in [0.4, 0.5) is 0 Å². The molecular weight excluding hydrogens is 320 g/mol. The molecule has 132 valence electrons. The van der Waals surface area contributed by atoms with Crippen LogP contribution in [-0.2, 0) is 0 Å². The molecule has 0 bridgehead atoms. The van der Waals surface area contributed by atoms with Crippen LogP contribution in [0.25, 0.3) is 0 Å². The number of thioether (sulfide) groups is 1. The van der Waals surface area contributed by atoms with E-state index in [1.165, 1.54) is 6.42 Å². The van der Waals surface area contributed by atoms with E-state index in [0.717, 1.165) is 37.8 Å². The summed E-state index contributed by atoms with van der Waals surface area (Å²) in [6, 6.07) is 9.32. The van der Waals surface area contributed by atoms with Crippen molar-refractivity contribution in [3.8, 4) is 0 Å². The smallest absolute Gasteiger partial charge is 0.251 e. The van der Waals surface area contributed by atoms with Gasteiger partial charge in [-0.05, 0) is 25.0 Å². The lowest BCUT2D eigenvalue weighted by Crippen LogP contribution is -2.48. The number of benzene rings is 1. The minimum atomic E-state index is -0.0150. The van der Waals surface area contributed by atoms with Crippen LogP contribution in [0.15, 0.2) is 35.3 Å². The largest absolute Gasteiger partial charge is 0.356 e. The number of nitrogens with one attached hydrogen (secondary N) is 2. The Morgan fingerprint density at radius 2 is 2.04 bits per heavy atom. The Labute approximate surface area is 149 Å². The molecule has 0 spiro atoms. The van der Waals surface area contributed by atoms with Crippen LogP contribution in [0, 0.1) is 0 Å². The maximum absolute atomic E-state index is 11.9. The van der Waals surface area contributed by atoms with Gasteiger partial charge in [-0.1, -0.05) is 25.1 Å². The monoisotopic (exact) mass is 348 g/mol. The molecule has 24 heavy (non-hydrogen) atoms. The molecule has 2 N–H and O–H groups in total. The highest BCUT2D eigenvalue weighted by molar-refractivity contribution is 8.00. The minimum absolute atomic E-state index is 0.0150. The molecule has 1 fully saturated rings. The molecule has 6 heteroatoms. The Kier molecular flexibility index (Phi) is 7.95. The highest BCUT2D eigenvalue weighted by atomic mass is 32.2. The van der Waals surface area contributed by atoms with E-state index in [9.17, 15) is 4.79 Å². The number of carbonyl (C=O) groups excluding carboxylic acids is 1. The first kappa shape index (κ1) is 18.6. The van der Waals surface area contributed by atoms with E-state index in [1.54, 1.807) is 0 Å². The number of guanidine groups is 1. The predicted molar refractivity (Wildman–Crippen MR) is 103 cm³/mol. The fraction of sp³-hybridized carbons (Fsp3) is 0.556. The second kappa shape index (κ2) is 10.2. The summed E-state index contributed by atoms with van der Waals surface area (Å²) in [4.78, 5) is 18.7. The lowest BCUT2D eigenvalue weighted by molar-refractivity contribution is 0.0953. The van der Waals surface area contributed by atoms with Crippen molar-refractivity contribution in [2.75, 3.05) is 39.0 Å². The molecule has 2 rings (SSSR count). The lowest BCUT2D eigenvalue weighted by atomic mass is 10.2. The second-order valence-electron chi connectivity index (χ2n) is 5.80. The third kappa shape index (κ3) is 5.74. The maximum atomic E-state index is 11.9. The molecule has 1 saturated heterocycles. The van der Waals surface area contributed by atoms with E-state index in [2.05, 4.69) is 39.2 Å². The van der Waals surface area contributed by atoms with Gasteiger partial charge in [-0.3, -0.25) is 9.79 Å². The van der Waals surface area contributed by atoms with Gasteiger partial charge in [0.25, 0.3) is 5.91 Å². The molecule has 5 nitrogen and oxygen atoms in total. The third-order valence-corrected chi connectivity index (χ3v) is 5.44. The molecule has 1 atom stereocenters. The molecule has 0 aromatic heterocycles. The van der Waals surface area contributed by atoms with Gasteiger partial charge >= 0.3 is 0 Å². The highest BCUT2D eigenvalue weighted by Crippen LogP contribution is 2.20. The van der Waals surface area contributed by atoms with Crippen LogP contribution in [0.1, 0.15) is 30.1 Å². The summed E-state index contributed by atoms with van der Waals surface area (Å²) in [5.41, 5.74) is 0.706. The number of rotatable bonds is 6. The number of nitrogens with zero attached hydrogens (tertiary/aromatic N) is 2. The summed E-state index contributed by atoms with van der Waals surface area (Å²) in [6.45, 7) is 5.82. The van der Waals surface area contributed by atoms with Gasteiger partial charge in [-0.25, -0.2) is 0 Å². The molecule has 1 aliphatic rings. The van der Waals surface area contributed by atoms with Crippen molar-refractivity contribution >= 4 is 23.6 Å². The van der Waals surface area contributed by atoms with Gasteiger partial charge in [0.1, 0.15) is 0 Å². The quantitative estimate of drug-likeness (QED) is 0.470. The molecule has 1 aliphatic heterocycles. The molecule has 0 saturated carbocycles. The Balaban J connectivity index is 1.66. The van der Waals surface area contributed by atoms with Gasteiger partial charge in [-0.2, -0.15) is 11.8 Å². The molecule has 0 aliphatic carbocycles. The van der Waals surface area contributed by atoms with Gasteiger partial charge in [-0.15, -0.1) is 0 Å². The van der Waals surface area contributed by atoms with E-state index >= 15 is 0 Å². The van der Waals surface area contributed by atoms with Crippen LogP contribution in [-0.4, -0.2) is 61.0 Å². The third-order valence-electron chi connectivity index (χ3n) is 4.06. The van der Waals surface area contributed by atoms with Crippen LogP contribution in [0.5, 0.6) is 0 Å². The molecule has 1 aromatic carbocycles. The summed E-state index contributed by atoms with van der Waals surface area (Å²) in [5, 5.41) is 7.06. The van der Waals surface area contributed by atoms with Gasteiger partial charge in [0.05, 0.1) is 0 Å². The van der Waals surface area contributed by atoms with Crippen molar-refractivity contribution in [3.63, 3.8) is 0 Å². The molecule has 1 aromatic rings. The molecule has 1 unspecified atom stereocenters. The van der Waals surface area contributed by atoms with E-state index < -0.39 is 0 Å². The normalized spacial score (nSPS) is 18.3. The zero-order valence-electron chi connectivity index (χ0n) is 14.6. The highest BCUT2D eigenvalue weighted by Gasteiger charge is 2.21. The van der Waals surface area contributed by atoms with Crippen molar-refractivity contribution in [1.82, 2.24) is 15.5 Å². The van der Waals surface area contributed by atoms with Crippen molar-refractivity contribution in [1.29, 1.82) is 0 Å². The molecule has 1 amide bonds. The van der Waals surface area contributed by atoms with E-state index in [0.29, 0.717) is 17.4 Å². The van der Waals surface area contributed by atoms with E-state index in [1.807, 2.05) is 37.4 Å². The van der Waals surface area contributed by atoms with Crippen molar-refractivity contribution in [2.45, 2.75) is 25.0 Å². The van der Waals surface area contributed by atoms with Gasteiger partial charge in [0.2, 0.25) is 0 Å². The number of amides is 1. The number of aliphatic imine (C=N–C) groups is 1. The lowest BCUT2D eigenvalue weighted by Gasteiger charge is -2.34. The van der Waals surface area contributed by atoms with Crippen LogP contribution >= 0.6 is 11.8 Å². The topological polar surface area (TPSA) is 56.7 Å². The number of hydrogen-bond donors (Lipinski definition) is 2. The second-order valence-corrected chi connectivity index (χ2v) is 7.20. The SMILES string of the molecule is CCC1CN(C(=NC)NCCCNC(=O)c2ccccc2)CCS1. The zero-order valence-corrected chi connectivity index (χ0v) is 15.4.